The number of hydrogen-bond acceptors (Lipinski definition) is 3. The SMILES string of the molecule is CCNC(Cc1ccn(C(C)CC)n1)c1cc(C)c(Br)s1. The van der Waals surface area contributed by atoms with E-state index in [1.54, 1.807) is 0 Å². The van der Waals surface area contributed by atoms with Gasteiger partial charge in [0, 0.05) is 29.6 Å². The van der Waals surface area contributed by atoms with Crippen molar-refractivity contribution in [3.63, 3.8) is 0 Å². The third-order valence-corrected chi connectivity index (χ3v) is 6.04. The van der Waals surface area contributed by atoms with Crippen LogP contribution in [0.1, 0.15) is 55.4 Å². The van der Waals surface area contributed by atoms with Gasteiger partial charge in [0.25, 0.3) is 0 Å². The fourth-order valence-electron chi connectivity index (χ4n) is 2.30. The van der Waals surface area contributed by atoms with Gasteiger partial charge < -0.3 is 5.32 Å². The summed E-state index contributed by atoms with van der Waals surface area (Å²) in [7, 11) is 0. The molecule has 0 radical (unpaired) electrons. The van der Waals surface area contributed by atoms with Crippen LogP contribution in [0.3, 0.4) is 0 Å². The second-order valence-electron chi connectivity index (χ2n) is 5.46. The van der Waals surface area contributed by atoms with Crippen LogP contribution < -0.4 is 5.32 Å². The molecule has 5 heteroatoms. The highest BCUT2D eigenvalue weighted by Gasteiger charge is 2.17. The Labute approximate surface area is 139 Å². The molecular formula is C16H24BrN3S. The van der Waals surface area contributed by atoms with Crippen LogP contribution in [0.4, 0.5) is 0 Å². The van der Waals surface area contributed by atoms with Crippen molar-refractivity contribution in [3.8, 4) is 0 Å². The van der Waals surface area contributed by atoms with Crippen molar-refractivity contribution in [1.82, 2.24) is 15.1 Å². The Balaban J connectivity index is 2.14. The summed E-state index contributed by atoms with van der Waals surface area (Å²) in [6, 6.07) is 5.22. The first kappa shape index (κ1) is 16.7. The maximum atomic E-state index is 4.73. The van der Waals surface area contributed by atoms with E-state index in [-0.39, 0.29) is 0 Å². The third-order valence-electron chi connectivity index (χ3n) is 3.79. The second kappa shape index (κ2) is 7.56. The van der Waals surface area contributed by atoms with Crippen molar-refractivity contribution < 1.29 is 0 Å². The number of hydrogen-bond donors (Lipinski definition) is 1. The van der Waals surface area contributed by atoms with Gasteiger partial charge in [0.05, 0.1) is 9.48 Å². The van der Waals surface area contributed by atoms with Crippen LogP contribution in [-0.4, -0.2) is 16.3 Å². The van der Waals surface area contributed by atoms with Crippen LogP contribution in [-0.2, 0) is 6.42 Å². The van der Waals surface area contributed by atoms with E-state index in [1.807, 2.05) is 11.3 Å². The van der Waals surface area contributed by atoms with E-state index in [4.69, 9.17) is 5.10 Å². The first-order valence-electron chi connectivity index (χ1n) is 7.58. The summed E-state index contributed by atoms with van der Waals surface area (Å²) in [6.45, 7) is 9.66. The molecule has 3 nitrogen and oxygen atoms in total. The van der Waals surface area contributed by atoms with Crippen LogP contribution in [0.15, 0.2) is 22.1 Å². The lowest BCUT2D eigenvalue weighted by molar-refractivity contribution is 0.467. The highest BCUT2D eigenvalue weighted by molar-refractivity contribution is 9.11. The van der Waals surface area contributed by atoms with Gasteiger partial charge in [-0.15, -0.1) is 11.3 Å². The Bertz CT molecular complexity index is 556. The monoisotopic (exact) mass is 369 g/mol. The largest absolute Gasteiger partial charge is 0.309 e. The summed E-state index contributed by atoms with van der Waals surface area (Å²) in [5.41, 5.74) is 2.46. The molecule has 2 unspecified atom stereocenters. The Kier molecular flexibility index (Phi) is 6.02. The van der Waals surface area contributed by atoms with Crippen LogP contribution in [0.25, 0.3) is 0 Å². The van der Waals surface area contributed by atoms with Gasteiger partial charge in [0.15, 0.2) is 0 Å². The Morgan fingerprint density at radius 2 is 2.19 bits per heavy atom. The van der Waals surface area contributed by atoms with Gasteiger partial charge in [0.1, 0.15) is 0 Å². The smallest absolute Gasteiger partial charge is 0.0731 e. The molecule has 0 bridgehead atoms. The normalized spacial score (nSPS) is 14.3. The minimum Gasteiger partial charge on any atom is -0.309 e. The third kappa shape index (κ3) is 4.18. The zero-order valence-electron chi connectivity index (χ0n) is 13.2. The lowest BCUT2D eigenvalue weighted by atomic mass is 10.1. The van der Waals surface area contributed by atoms with E-state index in [0.29, 0.717) is 12.1 Å². The lowest BCUT2D eigenvalue weighted by Gasteiger charge is -2.15. The van der Waals surface area contributed by atoms with Crippen LogP contribution in [0.2, 0.25) is 0 Å². The average molecular weight is 370 g/mol. The topological polar surface area (TPSA) is 29.9 Å². The molecular weight excluding hydrogens is 346 g/mol. The zero-order valence-corrected chi connectivity index (χ0v) is 15.6. The van der Waals surface area contributed by atoms with Gasteiger partial charge in [-0.2, -0.15) is 5.10 Å². The number of aryl methyl sites for hydroxylation is 1. The minimum absolute atomic E-state index is 0.338. The second-order valence-corrected chi connectivity index (χ2v) is 7.87. The molecule has 0 aromatic carbocycles. The molecule has 0 aliphatic carbocycles. The molecule has 0 amide bonds. The predicted molar refractivity (Wildman–Crippen MR) is 94.1 cm³/mol. The van der Waals surface area contributed by atoms with Crippen LogP contribution in [0.5, 0.6) is 0 Å². The Morgan fingerprint density at radius 3 is 2.76 bits per heavy atom. The van der Waals surface area contributed by atoms with E-state index in [9.17, 15) is 0 Å². The standard InChI is InChI=1S/C16H24BrN3S/c1-5-12(4)20-8-7-13(19-20)10-14(18-6-2)15-9-11(3)16(17)21-15/h7-9,12,14,18H,5-6,10H2,1-4H3. The van der Waals surface area contributed by atoms with Crippen molar-refractivity contribution >= 4 is 27.3 Å². The molecule has 0 aliphatic rings. The van der Waals surface area contributed by atoms with Crippen molar-refractivity contribution in [2.24, 2.45) is 0 Å². The molecule has 0 saturated heterocycles. The molecule has 2 aromatic heterocycles. The van der Waals surface area contributed by atoms with E-state index in [0.717, 1.165) is 25.1 Å². The summed E-state index contributed by atoms with van der Waals surface area (Å²) < 4.78 is 3.30. The van der Waals surface area contributed by atoms with E-state index >= 15 is 0 Å². The summed E-state index contributed by atoms with van der Waals surface area (Å²) in [6.07, 6.45) is 4.14. The average Bonchev–Trinajstić information content (AvgIpc) is 3.05. The Morgan fingerprint density at radius 1 is 1.43 bits per heavy atom. The summed E-state index contributed by atoms with van der Waals surface area (Å²) in [5, 5.41) is 8.31. The predicted octanol–water partition coefficient (Wildman–Crippen LogP) is 4.88. The molecule has 1 N–H and O–H groups in total. The van der Waals surface area contributed by atoms with E-state index in [2.05, 4.69) is 72.0 Å². The Hall–Kier alpha value is -0.650. The van der Waals surface area contributed by atoms with Gasteiger partial charge in [-0.1, -0.05) is 13.8 Å². The van der Waals surface area contributed by atoms with Crippen molar-refractivity contribution in [3.05, 3.63) is 38.3 Å². The molecule has 0 fully saturated rings. The molecule has 21 heavy (non-hydrogen) atoms. The number of nitrogens with zero attached hydrogens (tertiary/aromatic N) is 2. The van der Waals surface area contributed by atoms with Crippen LogP contribution in [0, 0.1) is 6.92 Å². The highest BCUT2D eigenvalue weighted by Crippen LogP contribution is 2.32. The quantitative estimate of drug-likeness (QED) is 0.753. The van der Waals surface area contributed by atoms with Crippen molar-refractivity contribution in [1.29, 1.82) is 0 Å². The van der Waals surface area contributed by atoms with Gasteiger partial charge in [-0.05, 0) is 60.4 Å². The minimum atomic E-state index is 0.338. The molecule has 2 heterocycles. The molecule has 2 atom stereocenters. The fourth-order valence-corrected chi connectivity index (χ4v) is 3.95. The summed E-state index contributed by atoms with van der Waals surface area (Å²) >= 11 is 5.44. The van der Waals surface area contributed by atoms with Gasteiger partial charge in [0.2, 0.25) is 0 Å². The first-order valence-corrected chi connectivity index (χ1v) is 9.19. The maximum Gasteiger partial charge on any atom is 0.0731 e. The maximum absolute atomic E-state index is 4.73. The molecule has 0 aliphatic heterocycles. The van der Waals surface area contributed by atoms with E-state index in [1.165, 1.54) is 14.2 Å². The fraction of sp³-hybridized carbons (Fsp3) is 0.562. The van der Waals surface area contributed by atoms with Gasteiger partial charge in [-0.3, -0.25) is 4.68 Å². The number of likely N-dealkylation sites (N-methyl/N-ethyl adjacent to an activating group) is 1. The van der Waals surface area contributed by atoms with Gasteiger partial charge in [-0.25, -0.2) is 0 Å². The number of rotatable bonds is 7. The van der Waals surface area contributed by atoms with E-state index < -0.39 is 0 Å². The van der Waals surface area contributed by atoms with Gasteiger partial charge >= 0.3 is 0 Å². The molecule has 0 saturated carbocycles. The highest BCUT2D eigenvalue weighted by atomic mass is 79.9. The number of nitrogens with one attached hydrogen (secondary N) is 1. The number of thiophene rings is 1. The summed E-state index contributed by atoms with van der Waals surface area (Å²) in [5.74, 6) is 0. The zero-order chi connectivity index (χ0) is 15.4. The molecule has 116 valence electrons. The van der Waals surface area contributed by atoms with Crippen LogP contribution >= 0.6 is 27.3 Å². The number of halogens is 1. The van der Waals surface area contributed by atoms with Crippen molar-refractivity contribution in [2.75, 3.05) is 6.54 Å². The lowest BCUT2D eigenvalue weighted by Crippen LogP contribution is -2.22. The molecule has 2 rings (SSSR count). The number of aromatic nitrogens is 2. The molecule has 2 aromatic rings. The summed E-state index contributed by atoms with van der Waals surface area (Å²) in [4.78, 5) is 1.37. The van der Waals surface area contributed by atoms with Crippen molar-refractivity contribution in [2.45, 2.75) is 52.6 Å². The first-order chi connectivity index (χ1) is 10.0. The molecule has 0 spiro atoms.